The van der Waals surface area contributed by atoms with Crippen LogP contribution in [0.15, 0.2) is 23.3 Å². The summed E-state index contributed by atoms with van der Waals surface area (Å²) >= 11 is 0. The standard InChI is InChI=1S/C12H12F2N6/c1-12(7-2-6(15)3-8(13)10(7)14)5-20-9(4-17-19-20)11(16)18-12/h2-4H,5,15H2,1H3,(H2,16,18). The largest absolute Gasteiger partial charge is 0.399 e. The monoisotopic (exact) mass is 278 g/mol. The second kappa shape index (κ2) is 3.99. The van der Waals surface area contributed by atoms with Crippen LogP contribution in [0, 0.1) is 11.6 Å². The van der Waals surface area contributed by atoms with Crippen molar-refractivity contribution in [2.24, 2.45) is 10.7 Å². The Hall–Kier alpha value is -2.51. The van der Waals surface area contributed by atoms with Gasteiger partial charge in [0, 0.05) is 11.3 Å². The second-order valence-corrected chi connectivity index (χ2v) is 4.91. The number of halogens is 2. The number of hydrogen-bond acceptors (Lipinski definition) is 5. The van der Waals surface area contributed by atoms with E-state index >= 15 is 0 Å². The van der Waals surface area contributed by atoms with Gasteiger partial charge in [-0.3, -0.25) is 4.99 Å². The summed E-state index contributed by atoms with van der Waals surface area (Å²) in [6, 6.07) is 2.29. The summed E-state index contributed by atoms with van der Waals surface area (Å²) in [5.74, 6) is -1.83. The van der Waals surface area contributed by atoms with E-state index in [0.29, 0.717) is 5.69 Å². The van der Waals surface area contributed by atoms with Crippen LogP contribution < -0.4 is 11.5 Å². The fourth-order valence-electron chi connectivity index (χ4n) is 2.37. The van der Waals surface area contributed by atoms with Gasteiger partial charge < -0.3 is 11.5 Å². The molecule has 1 aliphatic rings. The molecule has 4 N–H and O–H groups in total. The van der Waals surface area contributed by atoms with E-state index in [1.807, 2.05) is 0 Å². The Bertz CT molecular complexity index is 723. The summed E-state index contributed by atoms with van der Waals surface area (Å²) in [5.41, 5.74) is 11.0. The molecule has 2 aromatic rings. The van der Waals surface area contributed by atoms with E-state index < -0.39 is 17.2 Å². The molecule has 20 heavy (non-hydrogen) atoms. The Morgan fingerprint density at radius 3 is 2.80 bits per heavy atom. The fraction of sp³-hybridized carbons (Fsp3) is 0.250. The zero-order valence-electron chi connectivity index (χ0n) is 10.6. The first-order chi connectivity index (χ1) is 9.40. The lowest BCUT2D eigenvalue weighted by Gasteiger charge is -2.30. The van der Waals surface area contributed by atoms with Crippen LogP contribution in [0.5, 0.6) is 0 Å². The number of nitrogens with zero attached hydrogens (tertiary/aromatic N) is 4. The molecule has 1 atom stereocenters. The number of aromatic nitrogens is 3. The summed E-state index contributed by atoms with van der Waals surface area (Å²) in [5, 5.41) is 7.59. The van der Waals surface area contributed by atoms with Crippen LogP contribution in [-0.2, 0) is 12.1 Å². The molecule has 0 saturated heterocycles. The van der Waals surface area contributed by atoms with Crippen molar-refractivity contribution in [1.29, 1.82) is 0 Å². The third kappa shape index (κ3) is 1.72. The predicted molar refractivity (Wildman–Crippen MR) is 68.9 cm³/mol. The van der Waals surface area contributed by atoms with Crippen molar-refractivity contribution >= 4 is 11.5 Å². The highest BCUT2D eigenvalue weighted by Crippen LogP contribution is 2.34. The van der Waals surface area contributed by atoms with Crippen molar-refractivity contribution in [2.75, 3.05) is 5.73 Å². The van der Waals surface area contributed by atoms with Gasteiger partial charge in [-0.05, 0) is 19.1 Å². The number of fused-ring (bicyclic) bond motifs is 1. The first-order valence-electron chi connectivity index (χ1n) is 5.90. The maximum Gasteiger partial charge on any atom is 0.164 e. The molecule has 0 radical (unpaired) electrons. The molecule has 8 heteroatoms. The molecule has 3 rings (SSSR count). The maximum atomic E-state index is 14.1. The maximum absolute atomic E-state index is 14.1. The molecule has 0 fully saturated rings. The van der Waals surface area contributed by atoms with Crippen molar-refractivity contribution in [2.45, 2.75) is 19.0 Å². The van der Waals surface area contributed by atoms with Crippen LogP contribution >= 0.6 is 0 Å². The average Bonchev–Trinajstić information content (AvgIpc) is 2.81. The average molecular weight is 278 g/mol. The van der Waals surface area contributed by atoms with Crippen molar-refractivity contribution in [3.05, 3.63) is 41.2 Å². The van der Waals surface area contributed by atoms with Gasteiger partial charge in [-0.1, -0.05) is 5.21 Å². The summed E-state index contributed by atoms with van der Waals surface area (Å²) < 4.78 is 29.1. The van der Waals surface area contributed by atoms with Crippen LogP contribution in [0.3, 0.4) is 0 Å². The van der Waals surface area contributed by atoms with E-state index in [0.717, 1.165) is 6.07 Å². The molecule has 0 aliphatic carbocycles. The lowest BCUT2D eigenvalue weighted by molar-refractivity contribution is 0.352. The molecule has 0 saturated carbocycles. The summed E-state index contributed by atoms with van der Waals surface area (Å²) in [7, 11) is 0. The van der Waals surface area contributed by atoms with Gasteiger partial charge in [0.2, 0.25) is 0 Å². The zero-order valence-corrected chi connectivity index (χ0v) is 10.6. The summed E-state index contributed by atoms with van der Waals surface area (Å²) in [6.45, 7) is 1.84. The second-order valence-electron chi connectivity index (χ2n) is 4.91. The molecule has 1 aromatic heterocycles. The number of anilines is 1. The molecular formula is C12H12F2N6. The normalized spacial score (nSPS) is 21.4. The Balaban J connectivity index is 2.18. The van der Waals surface area contributed by atoms with Crippen molar-refractivity contribution in [1.82, 2.24) is 15.0 Å². The van der Waals surface area contributed by atoms with E-state index in [1.54, 1.807) is 6.92 Å². The number of nitrogens with two attached hydrogens (primary N) is 2. The SMILES string of the molecule is CC1(c2cc(N)cc(F)c2F)Cn2nncc2C(N)=N1. The lowest BCUT2D eigenvalue weighted by atomic mass is 9.90. The molecule has 6 nitrogen and oxygen atoms in total. The predicted octanol–water partition coefficient (Wildman–Crippen LogP) is 0.773. The van der Waals surface area contributed by atoms with Gasteiger partial charge in [0.25, 0.3) is 0 Å². The van der Waals surface area contributed by atoms with Gasteiger partial charge in [0.1, 0.15) is 17.1 Å². The highest BCUT2D eigenvalue weighted by Gasteiger charge is 2.36. The van der Waals surface area contributed by atoms with E-state index in [2.05, 4.69) is 15.3 Å². The summed E-state index contributed by atoms with van der Waals surface area (Å²) in [4.78, 5) is 4.27. The first-order valence-corrected chi connectivity index (χ1v) is 5.90. The van der Waals surface area contributed by atoms with Crippen molar-refractivity contribution < 1.29 is 8.78 Å². The smallest absolute Gasteiger partial charge is 0.164 e. The molecule has 2 heterocycles. The Morgan fingerprint density at radius 1 is 1.30 bits per heavy atom. The van der Waals surface area contributed by atoms with Crippen LogP contribution in [0.2, 0.25) is 0 Å². The van der Waals surface area contributed by atoms with Crippen molar-refractivity contribution in [3.63, 3.8) is 0 Å². The summed E-state index contributed by atoms with van der Waals surface area (Å²) in [6.07, 6.45) is 1.47. The number of amidine groups is 1. The van der Waals surface area contributed by atoms with E-state index in [1.165, 1.54) is 16.9 Å². The highest BCUT2D eigenvalue weighted by molar-refractivity contribution is 5.96. The Morgan fingerprint density at radius 2 is 2.05 bits per heavy atom. The quantitative estimate of drug-likeness (QED) is 0.753. The number of benzene rings is 1. The molecule has 0 spiro atoms. The topological polar surface area (TPSA) is 95.1 Å². The van der Waals surface area contributed by atoms with Crippen molar-refractivity contribution in [3.8, 4) is 0 Å². The third-order valence-electron chi connectivity index (χ3n) is 3.34. The van der Waals surface area contributed by atoms with E-state index in [4.69, 9.17) is 11.5 Å². The number of rotatable bonds is 1. The van der Waals surface area contributed by atoms with Crippen LogP contribution in [0.4, 0.5) is 14.5 Å². The molecule has 1 aromatic carbocycles. The minimum Gasteiger partial charge on any atom is -0.399 e. The van der Waals surface area contributed by atoms with Crippen LogP contribution in [0.25, 0.3) is 0 Å². The highest BCUT2D eigenvalue weighted by atomic mass is 19.2. The molecular weight excluding hydrogens is 266 g/mol. The Labute approximate surface area is 113 Å². The van der Waals surface area contributed by atoms with Gasteiger partial charge >= 0.3 is 0 Å². The fourth-order valence-corrected chi connectivity index (χ4v) is 2.37. The van der Waals surface area contributed by atoms with Crippen LogP contribution in [-0.4, -0.2) is 20.8 Å². The number of hydrogen-bond donors (Lipinski definition) is 2. The van der Waals surface area contributed by atoms with Gasteiger partial charge in [0.05, 0.1) is 12.7 Å². The van der Waals surface area contributed by atoms with Gasteiger partial charge in [-0.25, -0.2) is 13.5 Å². The van der Waals surface area contributed by atoms with Gasteiger partial charge in [-0.15, -0.1) is 5.10 Å². The van der Waals surface area contributed by atoms with Crippen LogP contribution in [0.1, 0.15) is 18.2 Å². The van der Waals surface area contributed by atoms with Gasteiger partial charge in [0.15, 0.2) is 11.6 Å². The molecule has 104 valence electrons. The lowest BCUT2D eigenvalue weighted by Crippen LogP contribution is -2.38. The van der Waals surface area contributed by atoms with E-state index in [-0.39, 0.29) is 23.6 Å². The molecule has 0 bridgehead atoms. The molecule has 1 aliphatic heterocycles. The van der Waals surface area contributed by atoms with Gasteiger partial charge in [-0.2, -0.15) is 0 Å². The first kappa shape index (κ1) is 12.5. The molecule has 1 unspecified atom stereocenters. The zero-order chi connectivity index (χ0) is 14.5. The number of nitrogen functional groups attached to an aromatic ring is 1. The minimum atomic E-state index is -1.09. The minimum absolute atomic E-state index is 0.0408. The Kier molecular flexibility index (Phi) is 2.50. The third-order valence-corrected chi connectivity index (χ3v) is 3.34. The van der Waals surface area contributed by atoms with E-state index in [9.17, 15) is 8.78 Å². The molecule has 0 amide bonds. The number of aliphatic imine (C=N–C) groups is 1.